The number of halogens is 1. The van der Waals surface area contributed by atoms with Gasteiger partial charge in [0, 0.05) is 12.1 Å². The number of sulfonamides is 1. The first kappa shape index (κ1) is 13.5. The van der Waals surface area contributed by atoms with Gasteiger partial charge in [0.15, 0.2) is 0 Å². The molecule has 2 rings (SSSR count). The molecule has 0 spiro atoms. The summed E-state index contributed by atoms with van der Waals surface area (Å²) in [7, 11) is -3.62. The van der Waals surface area contributed by atoms with Crippen LogP contribution in [0.25, 0.3) is 0 Å². The normalized spacial score (nSPS) is 24.4. The largest absolute Gasteiger partial charge is 0.326 e. The molecule has 1 aliphatic carbocycles. The van der Waals surface area contributed by atoms with Crippen molar-refractivity contribution in [2.75, 3.05) is 0 Å². The van der Waals surface area contributed by atoms with E-state index in [0.717, 1.165) is 25.3 Å². The van der Waals surface area contributed by atoms with Gasteiger partial charge in [0.1, 0.15) is 5.82 Å². The Bertz CT molecular complexity index is 545. The second-order valence-electron chi connectivity index (χ2n) is 4.73. The number of nitrogens with two attached hydrogens (primary N) is 1. The van der Waals surface area contributed by atoms with Crippen molar-refractivity contribution in [2.24, 2.45) is 5.73 Å². The lowest BCUT2D eigenvalue weighted by Gasteiger charge is -2.18. The fourth-order valence-corrected chi connectivity index (χ4v) is 3.86. The van der Waals surface area contributed by atoms with Gasteiger partial charge in [0.2, 0.25) is 10.0 Å². The Labute approximate surface area is 106 Å². The van der Waals surface area contributed by atoms with Gasteiger partial charge in [0.25, 0.3) is 0 Å². The Hall–Kier alpha value is -0.980. The molecule has 18 heavy (non-hydrogen) atoms. The predicted octanol–water partition coefficient (Wildman–Crippen LogP) is 1.29. The summed E-state index contributed by atoms with van der Waals surface area (Å²) in [4.78, 5) is 0.114. The van der Waals surface area contributed by atoms with E-state index < -0.39 is 15.8 Å². The van der Waals surface area contributed by atoms with Gasteiger partial charge in [-0.1, -0.05) is 6.42 Å². The van der Waals surface area contributed by atoms with Crippen LogP contribution < -0.4 is 10.5 Å². The van der Waals surface area contributed by atoms with Crippen molar-refractivity contribution >= 4 is 10.0 Å². The van der Waals surface area contributed by atoms with Crippen LogP contribution in [0.3, 0.4) is 0 Å². The topological polar surface area (TPSA) is 72.2 Å². The van der Waals surface area contributed by atoms with Crippen LogP contribution in [-0.2, 0) is 10.0 Å². The van der Waals surface area contributed by atoms with E-state index in [9.17, 15) is 12.8 Å². The Morgan fingerprint density at radius 3 is 2.67 bits per heavy atom. The summed E-state index contributed by atoms with van der Waals surface area (Å²) in [5, 5.41) is 0. The minimum Gasteiger partial charge on any atom is -0.326 e. The summed E-state index contributed by atoms with van der Waals surface area (Å²) in [6, 6.07) is 3.28. The first-order valence-electron chi connectivity index (χ1n) is 5.94. The molecular formula is C12H17FN2O2S. The summed E-state index contributed by atoms with van der Waals surface area (Å²) in [5.41, 5.74) is 6.24. The number of aryl methyl sites for hydroxylation is 1. The van der Waals surface area contributed by atoms with Crippen molar-refractivity contribution < 1.29 is 12.8 Å². The van der Waals surface area contributed by atoms with Crippen molar-refractivity contribution in [1.82, 2.24) is 4.72 Å². The molecule has 0 radical (unpaired) electrons. The fourth-order valence-electron chi connectivity index (χ4n) is 2.31. The molecule has 4 nitrogen and oxygen atoms in total. The van der Waals surface area contributed by atoms with E-state index in [-0.39, 0.29) is 17.0 Å². The molecule has 100 valence electrons. The average molecular weight is 272 g/mol. The van der Waals surface area contributed by atoms with Gasteiger partial charge in [-0.3, -0.25) is 0 Å². The van der Waals surface area contributed by atoms with Gasteiger partial charge in [-0.2, -0.15) is 0 Å². The highest BCUT2D eigenvalue weighted by atomic mass is 32.2. The van der Waals surface area contributed by atoms with E-state index in [4.69, 9.17) is 5.73 Å². The zero-order chi connectivity index (χ0) is 13.3. The van der Waals surface area contributed by atoms with Crippen LogP contribution in [0.5, 0.6) is 0 Å². The number of rotatable bonds is 3. The molecule has 1 aromatic carbocycles. The molecule has 0 heterocycles. The maximum absolute atomic E-state index is 13.0. The zero-order valence-corrected chi connectivity index (χ0v) is 11.0. The first-order chi connectivity index (χ1) is 8.40. The molecule has 0 saturated heterocycles. The third-order valence-electron chi connectivity index (χ3n) is 3.30. The highest BCUT2D eigenvalue weighted by Gasteiger charge is 2.29. The maximum Gasteiger partial charge on any atom is 0.241 e. The summed E-state index contributed by atoms with van der Waals surface area (Å²) >= 11 is 0. The quantitative estimate of drug-likeness (QED) is 0.871. The second-order valence-corrected chi connectivity index (χ2v) is 6.41. The van der Waals surface area contributed by atoms with Crippen molar-refractivity contribution in [3.05, 3.63) is 29.6 Å². The van der Waals surface area contributed by atoms with Gasteiger partial charge in [-0.15, -0.1) is 0 Å². The van der Waals surface area contributed by atoms with Crippen LogP contribution in [0, 0.1) is 12.7 Å². The number of hydrogen-bond acceptors (Lipinski definition) is 3. The van der Waals surface area contributed by atoms with Crippen LogP contribution >= 0.6 is 0 Å². The highest BCUT2D eigenvalue weighted by molar-refractivity contribution is 7.89. The van der Waals surface area contributed by atoms with Gasteiger partial charge >= 0.3 is 0 Å². The van der Waals surface area contributed by atoms with Gasteiger partial charge in [0.05, 0.1) is 4.90 Å². The SMILES string of the molecule is Cc1cc(F)ccc1S(=O)(=O)NC1CCCC1N. The Morgan fingerprint density at radius 1 is 1.39 bits per heavy atom. The van der Waals surface area contributed by atoms with Gasteiger partial charge < -0.3 is 5.73 Å². The van der Waals surface area contributed by atoms with Crippen molar-refractivity contribution in [2.45, 2.75) is 43.2 Å². The molecule has 6 heteroatoms. The smallest absolute Gasteiger partial charge is 0.241 e. The van der Waals surface area contributed by atoms with Crippen LogP contribution in [0.1, 0.15) is 24.8 Å². The minimum absolute atomic E-state index is 0.114. The van der Waals surface area contributed by atoms with Gasteiger partial charge in [-0.25, -0.2) is 17.5 Å². The lowest BCUT2D eigenvalue weighted by molar-refractivity contribution is 0.521. The summed E-state index contributed by atoms with van der Waals surface area (Å²) < 4.78 is 39.9. The lowest BCUT2D eigenvalue weighted by Crippen LogP contribution is -2.44. The summed E-state index contributed by atoms with van der Waals surface area (Å²) in [6.45, 7) is 1.58. The van der Waals surface area contributed by atoms with E-state index >= 15 is 0 Å². The lowest BCUT2D eigenvalue weighted by atomic mass is 10.2. The first-order valence-corrected chi connectivity index (χ1v) is 7.42. The van der Waals surface area contributed by atoms with Crippen LogP contribution in [0.15, 0.2) is 23.1 Å². The maximum atomic E-state index is 13.0. The molecule has 1 fully saturated rings. The Balaban J connectivity index is 2.25. The Kier molecular flexibility index (Phi) is 3.70. The third kappa shape index (κ3) is 2.71. The van der Waals surface area contributed by atoms with E-state index in [0.29, 0.717) is 5.56 Å². The van der Waals surface area contributed by atoms with Crippen molar-refractivity contribution in [3.63, 3.8) is 0 Å². The standard InChI is InChI=1S/C12H17FN2O2S/c1-8-7-9(13)5-6-12(8)18(16,17)15-11-4-2-3-10(11)14/h5-7,10-11,15H,2-4,14H2,1H3. The Morgan fingerprint density at radius 2 is 2.11 bits per heavy atom. The number of benzene rings is 1. The van der Waals surface area contributed by atoms with E-state index in [1.165, 1.54) is 12.1 Å². The van der Waals surface area contributed by atoms with Crippen molar-refractivity contribution in [3.8, 4) is 0 Å². The zero-order valence-electron chi connectivity index (χ0n) is 10.2. The molecule has 1 saturated carbocycles. The van der Waals surface area contributed by atoms with Crippen molar-refractivity contribution in [1.29, 1.82) is 0 Å². The highest BCUT2D eigenvalue weighted by Crippen LogP contribution is 2.21. The number of nitrogens with one attached hydrogen (secondary N) is 1. The molecule has 0 amide bonds. The molecule has 0 aromatic heterocycles. The number of hydrogen-bond donors (Lipinski definition) is 2. The molecule has 1 aromatic rings. The molecule has 0 bridgehead atoms. The summed E-state index contributed by atoms with van der Waals surface area (Å²) in [6.07, 6.45) is 2.51. The third-order valence-corrected chi connectivity index (χ3v) is 4.95. The molecule has 0 aliphatic heterocycles. The van der Waals surface area contributed by atoms with E-state index in [2.05, 4.69) is 4.72 Å². The average Bonchev–Trinajstić information content (AvgIpc) is 2.63. The van der Waals surface area contributed by atoms with Crippen LogP contribution in [0.2, 0.25) is 0 Å². The molecular weight excluding hydrogens is 255 g/mol. The molecule has 2 atom stereocenters. The predicted molar refractivity (Wildman–Crippen MR) is 67.1 cm³/mol. The molecule has 3 N–H and O–H groups in total. The van der Waals surface area contributed by atoms with Crippen LogP contribution in [0.4, 0.5) is 4.39 Å². The minimum atomic E-state index is -3.62. The van der Waals surface area contributed by atoms with E-state index in [1.54, 1.807) is 6.92 Å². The van der Waals surface area contributed by atoms with E-state index in [1.807, 2.05) is 0 Å². The molecule has 1 aliphatic rings. The van der Waals surface area contributed by atoms with Gasteiger partial charge in [-0.05, 0) is 43.5 Å². The molecule has 2 unspecified atom stereocenters. The monoisotopic (exact) mass is 272 g/mol. The van der Waals surface area contributed by atoms with Crippen LogP contribution in [-0.4, -0.2) is 20.5 Å². The fraction of sp³-hybridized carbons (Fsp3) is 0.500. The summed E-state index contributed by atoms with van der Waals surface area (Å²) in [5.74, 6) is -0.441. The second kappa shape index (κ2) is 4.95.